The average Bonchev–Trinajstić information content (AvgIpc) is 3.60. The summed E-state index contributed by atoms with van der Waals surface area (Å²) in [6.45, 7) is 2.28. The van der Waals surface area contributed by atoms with E-state index in [4.69, 9.17) is 4.74 Å². The van der Waals surface area contributed by atoms with E-state index in [0.29, 0.717) is 11.0 Å². The van der Waals surface area contributed by atoms with Crippen LogP contribution in [0.4, 0.5) is 0 Å². The molecule has 34 heavy (non-hydrogen) atoms. The van der Waals surface area contributed by atoms with Crippen molar-refractivity contribution in [1.82, 2.24) is 20.1 Å². The van der Waals surface area contributed by atoms with Crippen molar-refractivity contribution in [2.75, 3.05) is 0 Å². The number of hydrogen-bond donors (Lipinski definition) is 1. The van der Waals surface area contributed by atoms with Crippen LogP contribution in [0.3, 0.4) is 0 Å². The number of nitrogens with one attached hydrogen (secondary N) is 1. The Morgan fingerprint density at radius 2 is 1.68 bits per heavy atom. The minimum absolute atomic E-state index is 0.000906. The molecular formula is C27H26N4O2S. The van der Waals surface area contributed by atoms with Crippen LogP contribution in [0.25, 0.3) is 5.69 Å². The second kappa shape index (κ2) is 10.1. The summed E-state index contributed by atoms with van der Waals surface area (Å²) in [6.07, 6.45) is 2.08. The minimum atomic E-state index is -0.432. The van der Waals surface area contributed by atoms with Crippen LogP contribution >= 0.6 is 11.8 Å². The Balaban J connectivity index is 1.47. The van der Waals surface area contributed by atoms with Crippen molar-refractivity contribution < 1.29 is 9.53 Å². The van der Waals surface area contributed by atoms with E-state index in [1.807, 2.05) is 96.4 Å². The monoisotopic (exact) mass is 470 g/mol. The van der Waals surface area contributed by atoms with E-state index >= 15 is 0 Å². The number of ether oxygens (including phenoxy) is 1. The number of rotatable bonds is 9. The van der Waals surface area contributed by atoms with Crippen LogP contribution in [0.5, 0.6) is 5.75 Å². The number of amides is 1. The topological polar surface area (TPSA) is 69.0 Å². The summed E-state index contributed by atoms with van der Waals surface area (Å²) in [5.74, 6) is 1.48. The predicted molar refractivity (Wildman–Crippen MR) is 133 cm³/mol. The van der Waals surface area contributed by atoms with E-state index in [0.717, 1.165) is 35.4 Å². The first-order valence-electron chi connectivity index (χ1n) is 11.4. The molecule has 1 aliphatic carbocycles. The molecule has 0 aliphatic heterocycles. The largest absolute Gasteiger partial charge is 0.485 e. The highest BCUT2D eigenvalue weighted by Gasteiger charge is 2.31. The third kappa shape index (κ3) is 5.15. The summed E-state index contributed by atoms with van der Waals surface area (Å²) < 4.78 is 8.06. The molecule has 1 saturated carbocycles. The Bertz CT molecular complexity index is 1260. The lowest BCUT2D eigenvalue weighted by molar-refractivity contribution is -0.120. The van der Waals surface area contributed by atoms with Crippen LogP contribution < -0.4 is 10.1 Å². The molecule has 5 rings (SSSR count). The van der Waals surface area contributed by atoms with Crippen LogP contribution in [0.15, 0.2) is 90.1 Å². The Morgan fingerprint density at radius 1 is 1.00 bits per heavy atom. The third-order valence-corrected chi connectivity index (χ3v) is 6.85. The number of nitrogens with zero attached hydrogens (tertiary/aromatic N) is 3. The summed E-state index contributed by atoms with van der Waals surface area (Å²) in [6, 6.07) is 27.9. The van der Waals surface area contributed by atoms with Gasteiger partial charge in [-0.3, -0.25) is 9.36 Å². The number of carbonyl (C=O) groups is 1. The van der Waals surface area contributed by atoms with Gasteiger partial charge in [0.2, 0.25) is 5.91 Å². The molecule has 6 nitrogen and oxygen atoms in total. The van der Waals surface area contributed by atoms with E-state index in [1.54, 1.807) is 0 Å². The second-order valence-corrected chi connectivity index (χ2v) is 9.39. The van der Waals surface area contributed by atoms with Crippen LogP contribution in [0.2, 0.25) is 0 Å². The van der Waals surface area contributed by atoms with Gasteiger partial charge >= 0.3 is 0 Å². The van der Waals surface area contributed by atoms with Gasteiger partial charge < -0.3 is 10.1 Å². The van der Waals surface area contributed by atoms with Gasteiger partial charge in [-0.2, -0.15) is 0 Å². The molecule has 1 unspecified atom stereocenters. The van der Waals surface area contributed by atoms with Gasteiger partial charge in [-0.15, -0.1) is 10.2 Å². The van der Waals surface area contributed by atoms with E-state index in [9.17, 15) is 4.79 Å². The average molecular weight is 471 g/mol. The van der Waals surface area contributed by atoms with Crippen molar-refractivity contribution in [3.8, 4) is 11.4 Å². The molecule has 1 amide bonds. The van der Waals surface area contributed by atoms with E-state index in [2.05, 4.69) is 15.5 Å². The van der Waals surface area contributed by atoms with Crippen LogP contribution in [-0.2, 0) is 11.4 Å². The number of aryl methyl sites for hydroxylation is 1. The first-order chi connectivity index (χ1) is 16.7. The summed E-state index contributed by atoms with van der Waals surface area (Å²) in [5.41, 5.74) is 2.92. The van der Waals surface area contributed by atoms with Crippen molar-refractivity contribution >= 4 is 17.7 Å². The molecule has 1 fully saturated rings. The Hall–Kier alpha value is -3.58. The summed E-state index contributed by atoms with van der Waals surface area (Å²) in [4.78, 5) is 13.2. The Morgan fingerprint density at radius 3 is 2.38 bits per heavy atom. The quantitative estimate of drug-likeness (QED) is 0.338. The van der Waals surface area contributed by atoms with Gasteiger partial charge in [0, 0.05) is 11.7 Å². The van der Waals surface area contributed by atoms with Crippen molar-refractivity contribution in [2.24, 2.45) is 0 Å². The molecule has 7 heteroatoms. The van der Waals surface area contributed by atoms with Gasteiger partial charge in [0.15, 0.2) is 11.0 Å². The Labute approximate surface area is 203 Å². The molecule has 1 heterocycles. The lowest BCUT2D eigenvalue weighted by Gasteiger charge is -2.17. The van der Waals surface area contributed by atoms with E-state index < -0.39 is 5.25 Å². The van der Waals surface area contributed by atoms with Gasteiger partial charge in [-0.05, 0) is 49.1 Å². The zero-order valence-corrected chi connectivity index (χ0v) is 19.7. The van der Waals surface area contributed by atoms with Crippen molar-refractivity contribution in [2.45, 2.75) is 42.8 Å². The fourth-order valence-electron chi connectivity index (χ4n) is 3.68. The predicted octanol–water partition coefficient (Wildman–Crippen LogP) is 5.27. The first kappa shape index (κ1) is 22.2. The zero-order valence-electron chi connectivity index (χ0n) is 18.9. The molecular weight excluding hydrogens is 444 g/mol. The summed E-state index contributed by atoms with van der Waals surface area (Å²) >= 11 is 1.41. The van der Waals surface area contributed by atoms with Crippen molar-refractivity contribution in [3.63, 3.8) is 0 Å². The molecule has 1 aromatic heterocycles. The highest BCUT2D eigenvalue weighted by molar-refractivity contribution is 8.00. The Kier molecular flexibility index (Phi) is 6.62. The van der Waals surface area contributed by atoms with E-state index in [1.165, 1.54) is 11.8 Å². The number of para-hydroxylation sites is 2. The van der Waals surface area contributed by atoms with Gasteiger partial charge in [0.1, 0.15) is 17.6 Å². The number of benzene rings is 3. The highest BCUT2D eigenvalue weighted by atomic mass is 32.2. The lowest BCUT2D eigenvalue weighted by Crippen LogP contribution is -2.30. The lowest BCUT2D eigenvalue weighted by atomic mass is 10.1. The highest BCUT2D eigenvalue weighted by Crippen LogP contribution is 2.37. The van der Waals surface area contributed by atoms with Gasteiger partial charge in [-0.1, -0.05) is 78.5 Å². The molecule has 0 spiro atoms. The molecule has 1 N–H and O–H groups in total. The molecule has 172 valence electrons. The maximum atomic E-state index is 13.2. The maximum absolute atomic E-state index is 13.2. The molecule has 4 aromatic rings. The number of thioether (sulfide) groups is 1. The molecule has 0 radical (unpaired) electrons. The van der Waals surface area contributed by atoms with Crippen LogP contribution in [0.1, 0.15) is 35.0 Å². The summed E-state index contributed by atoms with van der Waals surface area (Å²) in [5, 5.41) is 12.3. The van der Waals surface area contributed by atoms with E-state index in [-0.39, 0.29) is 18.6 Å². The summed E-state index contributed by atoms with van der Waals surface area (Å²) in [7, 11) is 0. The van der Waals surface area contributed by atoms with Gasteiger partial charge in [0.05, 0.1) is 0 Å². The molecule has 0 bridgehead atoms. The fraction of sp³-hybridized carbons (Fsp3) is 0.222. The smallest absolute Gasteiger partial charge is 0.238 e. The van der Waals surface area contributed by atoms with Crippen LogP contribution in [-0.4, -0.2) is 26.7 Å². The number of carbonyl (C=O) groups excluding carboxylic acids is 1. The normalized spacial score (nSPS) is 13.9. The second-order valence-electron chi connectivity index (χ2n) is 8.32. The molecule has 1 atom stereocenters. The van der Waals surface area contributed by atoms with Gasteiger partial charge in [0.25, 0.3) is 0 Å². The fourth-order valence-corrected chi connectivity index (χ4v) is 4.76. The zero-order chi connectivity index (χ0) is 23.3. The SMILES string of the molecule is Cc1ccccc1OCc1nnc(SC(C(=O)NC2CC2)c2ccccc2)n1-c1ccccc1. The first-order valence-corrected chi connectivity index (χ1v) is 12.3. The van der Waals surface area contributed by atoms with Crippen molar-refractivity contribution in [3.05, 3.63) is 102 Å². The number of hydrogen-bond acceptors (Lipinski definition) is 5. The molecule has 3 aromatic carbocycles. The number of aromatic nitrogens is 3. The van der Waals surface area contributed by atoms with Crippen LogP contribution in [0, 0.1) is 6.92 Å². The van der Waals surface area contributed by atoms with Crippen molar-refractivity contribution in [1.29, 1.82) is 0 Å². The standard InChI is InChI=1S/C27H26N4O2S/c1-19-10-8-9-15-23(19)33-18-24-29-30-27(31(24)22-13-6-3-7-14-22)34-25(20-11-4-2-5-12-20)26(32)28-21-16-17-21/h2-15,21,25H,16-18H2,1H3,(H,28,32). The van der Waals surface area contributed by atoms with Gasteiger partial charge in [-0.25, -0.2) is 0 Å². The maximum Gasteiger partial charge on any atom is 0.238 e. The minimum Gasteiger partial charge on any atom is -0.485 e. The molecule has 1 aliphatic rings. The molecule has 0 saturated heterocycles. The third-order valence-electron chi connectivity index (χ3n) is 5.65.